The Morgan fingerprint density at radius 3 is 2.55 bits per heavy atom. The van der Waals surface area contributed by atoms with Crippen LogP contribution in [0.2, 0.25) is 0 Å². The molecule has 1 aliphatic heterocycles. The smallest absolute Gasteiger partial charge is 0.0329 e. The number of nitrogens with one attached hydrogen (secondary N) is 2. The fourth-order valence-corrected chi connectivity index (χ4v) is 4.85. The molecule has 3 heteroatoms. The molecule has 0 amide bonds. The van der Waals surface area contributed by atoms with E-state index in [1.807, 2.05) is 11.9 Å². The van der Waals surface area contributed by atoms with Gasteiger partial charge in [-0.3, -0.25) is 4.72 Å². The van der Waals surface area contributed by atoms with Crippen LogP contribution in [0.4, 0.5) is 0 Å². The standard InChI is InChI=1S/C19H30N2S/c1-17(2,3)22-21-19(13-16-7-5-4-6-8-16)10-9-18(14-19)11-12-20-15-18/h4-8,20-21H,9-15H2,1-3H3. The average molecular weight is 319 g/mol. The first kappa shape index (κ1) is 16.4. The van der Waals surface area contributed by atoms with E-state index >= 15 is 0 Å². The number of hydrogen-bond donors (Lipinski definition) is 2. The first-order chi connectivity index (χ1) is 10.4. The number of rotatable bonds is 4. The quantitative estimate of drug-likeness (QED) is 0.815. The van der Waals surface area contributed by atoms with Crippen molar-refractivity contribution in [2.45, 2.75) is 63.2 Å². The third kappa shape index (κ3) is 3.87. The van der Waals surface area contributed by atoms with Gasteiger partial charge in [0.25, 0.3) is 0 Å². The minimum atomic E-state index is 0.255. The molecule has 1 aliphatic carbocycles. The summed E-state index contributed by atoms with van der Waals surface area (Å²) in [6, 6.07) is 11.0. The zero-order chi connectivity index (χ0) is 15.7. The molecule has 1 aromatic rings. The second-order valence-corrected chi connectivity index (χ2v) is 10.00. The topological polar surface area (TPSA) is 24.1 Å². The van der Waals surface area contributed by atoms with E-state index < -0.39 is 0 Å². The van der Waals surface area contributed by atoms with Crippen molar-refractivity contribution >= 4 is 11.9 Å². The van der Waals surface area contributed by atoms with Crippen molar-refractivity contribution in [1.29, 1.82) is 0 Å². The van der Waals surface area contributed by atoms with Crippen LogP contribution in [0.15, 0.2) is 30.3 Å². The SMILES string of the molecule is CC(C)(C)SNC1(Cc2ccccc2)CCC2(CCNC2)C1. The minimum absolute atomic E-state index is 0.255. The maximum atomic E-state index is 3.92. The third-order valence-electron chi connectivity index (χ3n) is 5.14. The molecule has 1 spiro atoms. The summed E-state index contributed by atoms with van der Waals surface area (Å²) < 4.78 is 4.18. The van der Waals surface area contributed by atoms with Gasteiger partial charge in [-0.15, -0.1) is 0 Å². The summed E-state index contributed by atoms with van der Waals surface area (Å²) in [7, 11) is 0. The first-order valence-corrected chi connectivity index (χ1v) is 9.42. The van der Waals surface area contributed by atoms with E-state index in [2.05, 4.69) is 61.1 Å². The minimum Gasteiger partial charge on any atom is -0.316 e. The van der Waals surface area contributed by atoms with Gasteiger partial charge in [0.05, 0.1) is 0 Å². The van der Waals surface area contributed by atoms with Crippen LogP contribution in [0.25, 0.3) is 0 Å². The molecule has 0 aromatic heterocycles. The Labute approximate surface area is 140 Å². The summed E-state index contributed by atoms with van der Waals surface area (Å²) in [4.78, 5) is 0. The van der Waals surface area contributed by atoms with Gasteiger partial charge in [-0.2, -0.15) is 0 Å². The zero-order valence-electron chi connectivity index (χ0n) is 14.2. The molecule has 22 heavy (non-hydrogen) atoms. The van der Waals surface area contributed by atoms with Crippen molar-refractivity contribution in [2.75, 3.05) is 13.1 Å². The van der Waals surface area contributed by atoms with Crippen LogP contribution >= 0.6 is 11.9 Å². The second-order valence-electron chi connectivity index (χ2n) is 8.36. The Balaban J connectivity index is 1.77. The van der Waals surface area contributed by atoms with Gasteiger partial charge in [-0.25, -0.2) is 0 Å². The molecule has 2 atom stereocenters. The van der Waals surface area contributed by atoms with Gasteiger partial charge in [-0.1, -0.05) is 42.3 Å². The van der Waals surface area contributed by atoms with Gasteiger partial charge in [0.1, 0.15) is 0 Å². The van der Waals surface area contributed by atoms with Crippen LogP contribution in [0.5, 0.6) is 0 Å². The molecule has 2 aliphatic rings. The molecular formula is C19H30N2S. The van der Waals surface area contributed by atoms with Crippen molar-refractivity contribution < 1.29 is 0 Å². The molecule has 1 saturated carbocycles. The Kier molecular flexibility index (Phi) is 4.59. The lowest BCUT2D eigenvalue weighted by Gasteiger charge is -2.35. The predicted octanol–water partition coefficient (Wildman–Crippen LogP) is 4.17. The fourth-order valence-electron chi connectivity index (χ4n) is 4.08. The lowest BCUT2D eigenvalue weighted by Crippen LogP contribution is -2.44. The molecule has 2 N–H and O–H groups in total. The summed E-state index contributed by atoms with van der Waals surface area (Å²) in [6.07, 6.45) is 6.48. The molecule has 0 bridgehead atoms. The number of hydrogen-bond acceptors (Lipinski definition) is 3. The fraction of sp³-hybridized carbons (Fsp3) is 0.684. The largest absolute Gasteiger partial charge is 0.316 e. The number of benzene rings is 1. The highest BCUT2D eigenvalue weighted by Gasteiger charge is 2.49. The van der Waals surface area contributed by atoms with E-state index in [0.29, 0.717) is 5.41 Å². The van der Waals surface area contributed by atoms with Crippen molar-refractivity contribution in [2.24, 2.45) is 5.41 Å². The molecule has 3 rings (SSSR count). The van der Waals surface area contributed by atoms with E-state index in [0.717, 1.165) is 6.42 Å². The van der Waals surface area contributed by atoms with Crippen LogP contribution in [-0.2, 0) is 6.42 Å². The zero-order valence-corrected chi connectivity index (χ0v) is 15.1. The van der Waals surface area contributed by atoms with E-state index in [4.69, 9.17) is 0 Å². The highest BCUT2D eigenvalue weighted by molar-refractivity contribution is 7.98. The second kappa shape index (κ2) is 6.18. The maximum absolute atomic E-state index is 3.92. The van der Waals surface area contributed by atoms with Crippen molar-refractivity contribution in [3.63, 3.8) is 0 Å². The normalized spacial score (nSPS) is 32.0. The molecule has 122 valence electrons. The van der Waals surface area contributed by atoms with Gasteiger partial charge in [0, 0.05) is 16.8 Å². The molecule has 2 nitrogen and oxygen atoms in total. The van der Waals surface area contributed by atoms with Crippen molar-refractivity contribution in [3.05, 3.63) is 35.9 Å². The first-order valence-electron chi connectivity index (χ1n) is 8.60. The van der Waals surface area contributed by atoms with Gasteiger partial charge in [-0.05, 0) is 70.4 Å². The molecular weight excluding hydrogens is 288 g/mol. The Morgan fingerprint density at radius 2 is 1.91 bits per heavy atom. The van der Waals surface area contributed by atoms with Gasteiger partial charge < -0.3 is 5.32 Å². The van der Waals surface area contributed by atoms with Crippen LogP contribution in [0.1, 0.15) is 52.0 Å². The van der Waals surface area contributed by atoms with Gasteiger partial charge in [0.2, 0.25) is 0 Å². The van der Waals surface area contributed by atoms with Crippen LogP contribution in [0.3, 0.4) is 0 Å². The van der Waals surface area contributed by atoms with Crippen LogP contribution in [0, 0.1) is 5.41 Å². The molecule has 1 heterocycles. The van der Waals surface area contributed by atoms with Crippen LogP contribution in [-0.4, -0.2) is 23.4 Å². The maximum Gasteiger partial charge on any atom is 0.0329 e. The summed E-state index contributed by atoms with van der Waals surface area (Å²) in [5.74, 6) is 0. The molecule has 2 unspecified atom stereocenters. The van der Waals surface area contributed by atoms with Crippen molar-refractivity contribution in [3.8, 4) is 0 Å². The monoisotopic (exact) mass is 318 g/mol. The van der Waals surface area contributed by atoms with E-state index in [1.165, 1.54) is 44.3 Å². The summed E-state index contributed by atoms with van der Waals surface area (Å²) in [5.41, 5.74) is 2.26. The summed E-state index contributed by atoms with van der Waals surface area (Å²) in [6.45, 7) is 9.30. The Morgan fingerprint density at radius 1 is 1.14 bits per heavy atom. The van der Waals surface area contributed by atoms with Crippen LogP contribution < -0.4 is 10.0 Å². The molecule has 0 radical (unpaired) electrons. The highest BCUT2D eigenvalue weighted by atomic mass is 32.2. The van der Waals surface area contributed by atoms with Gasteiger partial charge in [0.15, 0.2) is 0 Å². The van der Waals surface area contributed by atoms with Gasteiger partial charge >= 0.3 is 0 Å². The third-order valence-corrected chi connectivity index (χ3v) is 6.29. The Bertz CT molecular complexity index is 488. The summed E-state index contributed by atoms with van der Waals surface area (Å²) >= 11 is 1.92. The lowest BCUT2D eigenvalue weighted by atomic mass is 9.81. The Hall–Kier alpha value is -0.510. The summed E-state index contributed by atoms with van der Waals surface area (Å²) in [5, 5.41) is 3.59. The van der Waals surface area contributed by atoms with E-state index in [-0.39, 0.29) is 10.3 Å². The molecule has 1 aromatic carbocycles. The van der Waals surface area contributed by atoms with Crippen molar-refractivity contribution in [1.82, 2.24) is 10.0 Å². The average Bonchev–Trinajstić information content (AvgIpc) is 3.06. The predicted molar refractivity (Wildman–Crippen MR) is 97.1 cm³/mol. The highest BCUT2D eigenvalue weighted by Crippen LogP contribution is 2.50. The van der Waals surface area contributed by atoms with E-state index in [9.17, 15) is 0 Å². The molecule has 2 fully saturated rings. The molecule has 1 saturated heterocycles. The lowest BCUT2D eigenvalue weighted by molar-refractivity contribution is 0.292. The van der Waals surface area contributed by atoms with E-state index in [1.54, 1.807) is 0 Å².